The number of likely N-dealkylation sites (tertiary alicyclic amines) is 1. The van der Waals surface area contributed by atoms with Gasteiger partial charge in [-0.1, -0.05) is 60.8 Å². The normalized spacial score (nSPS) is 24.3. The minimum absolute atomic E-state index is 0.0322. The van der Waals surface area contributed by atoms with Crippen molar-refractivity contribution in [3.63, 3.8) is 0 Å². The van der Waals surface area contributed by atoms with E-state index in [0.29, 0.717) is 30.2 Å². The Bertz CT molecular complexity index is 1520. The van der Waals surface area contributed by atoms with E-state index in [1.807, 2.05) is 42.5 Å². The summed E-state index contributed by atoms with van der Waals surface area (Å²) in [6, 6.07) is 13.6. The molecule has 3 amide bonds. The number of aliphatic hydroxyl groups excluding tert-OH is 1. The molecule has 4 N–H and O–H groups in total. The highest BCUT2D eigenvalue weighted by Crippen LogP contribution is 2.42. The van der Waals surface area contributed by atoms with Crippen LogP contribution in [-0.2, 0) is 14.4 Å². The lowest BCUT2D eigenvalue weighted by molar-refractivity contribution is -0.133. The first-order valence-corrected chi connectivity index (χ1v) is 15.1. The van der Waals surface area contributed by atoms with Crippen LogP contribution in [0.3, 0.4) is 0 Å². The number of amides is 3. The van der Waals surface area contributed by atoms with Crippen molar-refractivity contribution in [2.24, 2.45) is 17.8 Å². The monoisotopic (exact) mass is 590 g/mol. The average molecular weight is 591 g/mol. The summed E-state index contributed by atoms with van der Waals surface area (Å²) < 4.78 is 0. The number of carbonyl (C=O) groups excluding carboxylic acids is 4. The van der Waals surface area contributed by atoms with Gasteiger partial charge in [0, 0.05) is 30.0 Å². The number of carbonyl (C=O) groups is 4. The fraction of sp³-hybridized carbons (Fsp3) is 0.438. The number of aliphatic hydroxyl groups is 1. The number of aromatic nitrogens is 1. The standard InChI is InChI=1S/C32H35ClN4O5/c33-24-11-10-21(18-6-2-1-3-7-18)28-23(24)15-26(35-28)32(42)37-16-20-8-4-5-9-22(20)29(37)31(41)36-25(27(39)17-38)14-19-12-13-34-30(19)40/h1-3,6-7,10-11,15,19-20,22,25,29,35,38H,4-5,8-9,12-14,16-17H2,(H,34,40)(H,36,41)/t19-,20-,22-,25?,29-/m0/s1. The number of fused-ring (bicyclic) bond motifs is 2. The maximum absolute atomic E-state index is 14.1. The molecular weight excluding hydrogens is 556 g/mol. The van der Waals surface area contributed by atoms with Crippen molar-refractivity contribution in [3.05, 3.63) is 59.2 Å². The van der Waals surface area contributed by atoms with Gasteiger partial charge >= 0.3 is 0 Å². The van der Waals surface area contributed by atoms with E-state index in [4.69, 9.17) is 11.6 Å². The van der Waals surface area contributed by atoms with Gasteiger partial charge in [-0.3, -0.25) is 19.2 Å². The third kappa shape index (κ3) is 5.31. The Labute approximate surface area is 249 Å². The molecule has 3 heterocycles. The van der Waals surface area contributed by atoms with Gasteiger partial charge in [-0.15, -0.1) is 0 Å². The summed E-state index contributed by atoms with van der Waals surface area (Å²) in [6.07, 6.45) is 4.44. The van der Waals surface area contributed by atoms with E-state index in [0.717, 1.165) is 47.7 Å². The molecule has 1 aromatic heterocycles. The summed E-state index contributed by atoms with van der Waals surface area (Å²) in [5, 5.41) is 16.5. The summed E-state index contributed by atoms with van der Waals surface area (Å²) in [6.45, 7) is 0.227. The molecule has 6 rings (SSSR count). The third-order valence-electron chi connectivity index (χ3n) is 9.27. The Morgan fingerprint density at radius 3 is 2.60 bits per heavy atom. The summed E-state index contributed by atoms with van der Waals surface area (Å²) in [7, 11) is 0. The van der Waals surface area contributed by atoms with Crippen LogP contribution in [0.25, 0.3) is 22.0 Å². The molecule has 0 spiro atoms. The zero-order valence-electron chi connectivity index (χ0n) is 23.3. The van der Waals surface area contributed by atoms with Crippen molar-refractivity contribution in [3.8, 4) is 11.1 Å². The van der Waals surface area contributed by atoms with E-state index < -0.39 is 36.3 Å². The average Bonchev–Trinajstić information content (AvgIpc) is 3.74. The van der Waals surface area contributed by atoms with Crippen LogP contribution in [0.4, 0.5) is 0 Å². The Hall–Kier alpha value is -3.69. The van der Waals surface area contributed by atoms with E-state index in [9.17, 15) is 24.3 Å². The molecule has 3 fully saturated rings. The molecule has 0 bridgehead atoms. The number of rotatable bonds is 8. The van der Waals surface area contributed by atoms with E-state index >= 15 is 0 Å². The van der Waals surface area contributed by atoms with Gasteiger partial charge in [-0.25, -0.2) is 0 Å². The minimum atomic E-state index is -1.00. The van der Waals surface area contributed by atoms with Gasteiger partial charge in [-0.05, 0) is 55.2 Å². The number of hydrogen-bond donors (Lipinski definition) is 4. The lowest BCUT2D eigenvalue weighted by Crippen LogP contribution is -2.54. The van der Waals surface area contributed by atoms with Gasteiger partial charge in [-0.2, -0.15) is 0 Å². The maximum atomic E-state index is 14.1. The number of ketones is 1. The zero-order valence-corrected chi connectivity index (χ0v) is 24.0. The fourth-order valence-electron chi connectivity index (χ4n) is 7.13. The number of nitrogens with one attached hydrogen (secondary N) is 3. The number of hydrogen-bond acceptors (Lipinski definition) is 5. The number of halogens is 1. The van der Waals surface area contributed by atoms with Gasteiger partial charge in [0.05, 0.1) is 16.6 Å². The third-order valence-corrected chi connectivity index (χ3v) is 9.60. The Kier molecular flexibility index (Phi) is 8.05. The number of benzene rings is 2. The van der Waals surface area contributed by atoms with E-state index in [2.05, 4.69) is 15.6 Å². The van der Waals surface area contributed by atoms with Gasteiger partial charge < -0.3 is 25.6 Å². The molecule has 1 aliphatic carbocycles. The smallest absolute Gasteiger partial charge is 0.271 e. The van der Waals surface area contributed by atoms with Crippen LogP contribution in [0, 0.1) is 17.8 Å². The maximum Gasteiger partial charge on any atom is 0.271 e. The van der Waals surface area contributed by atoms with Gasteiger partial charge in [0.15, 0.2) is 5.78 Å². The zero-order chi connectivity index (χ0) is 29.4. The molecule has 3 aromatic rings. The number of aromatic amines is 1. The number of nitrogens with zero attached hydrogens (tertiary/aromatic N) is 1. The molecule has 2 aliphatic heterocycles. The van der Waals surface area contributed by atoms with Crippen LogP contribution in [0.2, 0.25) is 5.02 Å². The lowest BCUT2D eigenvalue weighted by atomic mass is 9.78. The highest BCUT2D eigenvalue weighted by molar-refractivity contribution is 6.36. The quantitative estimate of drug-likeness (QED) is 0.318. The van der Waals surface area contributed by atoms with E-state index in [-0.39, 0.29) is 30.1 Å². The largest absolute Gasteiger partial charge is 0.389 e. The van der Waals surface area contributed by atoms with Crippen molar-refractivity contribution in [2.45, 2.75) is 50.6 Å². The predicted octanol–water partition coefficient (Wildman–Crippen LogP) is 3.69. The summed E-state index contributed by atoms with van der Waals surface area (Å²) >= 11 is 6.56. The van der Waals surface area contributed by atoms with E-state index in [1.165, 1.54) is 0 Å². The molecule has 3 aliphatic rings. The van der Waals surface area contributed by atoms with Crippen molar-refractivity contribution >= 4 is 46.0 Å². The second-order valence-corrected chi connectivity index (χ2v) is 12.1. The summed E-state index contributed by atoms with van der Waals surface area (Å²) in [5.74, 6) is -1.67. The molecule has 0 radical (unpaired) electrons. The molecule has 220 valence electrons. The molecule has 9 nitrogen and oxygen atoms in total. The van der Waals surface area contributed by atoms with Crippen LogP contribution in [0.15, 0.2) is 48.5 Å². The van der Waals surface area contributed by atoms with Crippen LogP contribution in [0.5, 0.6) is 0 Å². The SMILES string of the molecule is O=C(CO)C(C[C@@H]1CCNC1=O)NC(=O)[C@@H]1[C@H]2CCCC[C@H]2CN1C(=O)c1cc2c(Cl)ccc(-c3ccccc3)c2[nH]1. The number of H-pyrrole nitrogens is 1. The minimum Gasteiger partial charge on any atom is -0.389 e. The molecule has 1 saturated carbocycles. The van der Waals surface area contributed by atoms with E-state index in [1.54, 1.807) is 11.0 Å². The molecule has 10 heteroatoms. The first-order valence-electron chi connectivity index (χ1n) is 14.7. The molecule has 1 unspecified atom stereocenters. The topological polar surface area (TPSA) is 132 Å². The van der Waals surface area contributed by atoms with Crippen molar-refractivity contribution in [2.75, 3.05) is 19.7 Å². The Morgan fingerprint density at radius 1 is 1.07 bits per heavy atom. The molecule has 2 saturated heterocycles. The van der Waals surface area contributed by atoms with Crippen LogP contribution in [-0.4, -0.2) is 70.3 Å². The molecular formula is C32H35ClN4O5. The van der Waals surface area contributed by atoms with Gasteiger partial charge in [0.2, 0.25) is 11.8 Å². The van der Waals surface area contributed by atoms with Crippen molar-refractivity contribution in [1.82, 2.24) is 20.5 Å². The van der Waals surface area contributed by atoms with Crippen LogP contribution in [0.1, 0.15) is 49.0 Å². The molecule has 5 atom stereocenters. The summed E-state index contributed by atoms with van der Waals surface area (Å²) in [4.78, 5) is 57.9. The summed E-state index contributed by atoms with van der Waals surface area (Å²) in [5.41, 5.74) is 3.00. The van der Waals surface area contributed by atoms with Gasteiger partial charge in [0.1, 0.15) is 18.3 Å². The van der Waals surface area contributed by atoms with Crippen molar-refractivity contribution < 1.29 is 24.3 Å². The predicted molar refractivity (Wildman–Crippen MR) is 159 cm³/mol. The highest BCUT2D eigenvalue weighted by atomic mass is 35.5. The lowest BCUT2D eigenvalue weighted by Gasteiger charge is -2.31. The molecule has 42 heavy (non-hydrogen) atoms. The second kappa shape index (κ2) is 11.9. The Balaban J connectivity index is 1.31. The fourth-order valence-corrected chi connectivity index (χ4v) is 7.34. The number of Topliss-reactive ketones (excluding diaryl/α,β-unsaturated/α-hetero) is 1. The van der Waals surface area contributed by atoms with Crippen molar-refractivity contribution in [1.29, 1.82) is 0 Å². The molecule has 2 aromatic carbocycles. The van der Waals surface area contributed by atoms with Crippen LogP contribution < -0.4 is 10.6 Å². The Morgan fingerprint density at radius 2 is 1.86 bits per heavy atom. The highest BCUT2D eigenvalue weighted by Gasteiger charge is 2.49. The van der Waals surface area contributed by atoms with Crippen LogP contribution >= 0.6 is 11.6 Å². The first kappa shape index (κ1) is 28.4. The van der Waals surface area contributed by atoms with Gasteiger partial charge in [0.25, 0.3) is 5.91 Å². The second-order valence-electron chi connectivity index (χ2n) is 11.7. The first-order chi connectivity index (χ1) is 20.4.